The van der Waals surface area contributed by atoms with Crippen molar-refractivity contribution in [2.24, 2.45) is 0 Å². The summed E-state index contributed by atoms with van der Waals surface area (Å²) in [5, 5.41) is 8.88. The van der Waals surface area contributed by atoms with E-state index in [1.807, 2.05) is 13.8 Å². The van der Waals surface area contributed by atoms with E-state index in [0.29, 0.717) is 18.1 Å². The Kier molecular flexibility index (Phi) is 3.94. The number of aliphatic hydroxyl groups is 1. The van der Waals surface area contributed by atoms with Crippen LogP contribution in [0.4, 0.5) is 0 Å². The van der Waals surface area contributed by atoms with Gasteiger partial charge < -0.3 is 14.3 Å². The Morgan fingerprint density at radius 2 is 2.17 bits per heavy atom. The van der Waals surface area contributed by atoms with Crippen LogP contribution in [0.3, 0.4) is 0 Å². The molecule has 0 saturated heterocycles. The maximum Gasteiger partial charge on any atom is 0.181 e. The van der Waals surface area contributed by atoms with Crippen LogP contribution in [0.25, 0.3) is 0 Å². The van der Waals surface area contributed by atoms with Crippen molar-refractivity contribution in [2.45, 2.75) is 33.0 Å². The molecule has 0 aromatic carbocycles. The highest BCUT2D eigenvalue weighted by atomic mass is 16.5. The molecule has 0 aliphatic rings. The summed E-state index contributed by atoms with van der Waals surface area (Å²) in [6, 6.07) is 3.50. The summed E-state index contributed by atoms with van der Waals surface area (Å²) >= 11 is 0. The number of pyridine rings is 1. The number of rotatable bonds is 5. The van der Waals surface area contributed by atoms with Gasteiger partial charge in [-0.2, -0.15) is 0 Å². The van der Waals surface area contributed by atoms with Gasteiger partial charge in [0.05, 0.1) is 18.5 Å². The Hall–Kier alpha value is -1.88. The quantitative estimate of drug-likeness (QED) is 0.879. The molecule has 0 atom stereocenters. The Bertz CT molecular complexity index is 491. The van der Waals surface area contributed by atoms with Gasteiger partial charge in [-0.05, 0) is 12.1 Å². The smallest absolute Gasteiger partial charge is 0.181 e. The lowest BCUT2D eigenvalue weighted by atomic mass is 10.1. The molecular formula is C13H16N2O3. The van der Waals surface area contributed by atoms with E-state index in [0.717, 1.165) is 11.5 Å². The van der Waals surface area contributed by atoms with Gasteiger partial charge in [0.1, 0.15) is 23.8 Å². The van der Waals surface area contributed by atoms with E-state index in [2.05, 4.69) is 9.97 Å². The van der Waals surface area contributed by atoms with Gasteiger partial charge in [-0.1, -0.05) is 13.8 Å². The molecule has 2 aromatic heterocycles. The third-order valence-electron chi connectivity index (χ3n) is 2.53. The van der Waals surface area contributed by atoms with Gasteiger partial charge in [-0.25, -0.2) is 4.98 Å². The second-order valence-corrected chi connectivity index (χ2v) is 4.25. The van der Waals surface area contributed by atoms with Crippen molar-refractivity contribution in [3.05, 3.63) is 41.9 Å². The number of aromatic nitrogens is 2. The van der Waals surface area contributed by atoms with Crippen LogP contribution in [0.5, 0.6) is 5.75 Å². The average Bonchev–Trinajstić information content (AvgIpc) is 2.85. The zero-order valence-electron chi connectivity index (χ0n) is 10.5. The highest BCUT2D eigenvalue weighted by Gasteiger charge is 2.12. The maximum atomic E-state index is 8.88. The lowest BCUT2D eigenvalue weighted by Crippen LogP contribution is -2.01. The van der Waals surface area contributed by atoms with Crippen LogP contribution in [0.15, 0.2) is 29.1 Å². The molecule has 0 spiro atoms. The fraction of sp³-hybridized carbons (Fsp3) is 0.385. The highest BCUT2D eigenvalue weighted by Crippen LogP contribution is 2.20. The first-order valence-electron chi connectivity index (χ1n) is 5.81. The van der Waals surface area contributed by atoms with E-state index in [1.54, 1.807) is 18.3 Å². The first-order chi connectivity index (χ1) is 8.70. The molecule has 0 saturated carbocycles. The maximum absolute atomic E-state index is 8.88. The first kappa shape index (κ1) is 12.6. The van der Waals surface area contributed by atoms with Gasteiger partial charge in [0.15, 0.2) is 6.39 Å². The van der Waals surface area contributed by atoms with Crippen LogP contribution in [0.1, 0.15) is 36.9 Å². The first-order valence-corrected chi connectivity index (χ1v) is 5.81. The second kappa shape index (κ2) is 5.64. The highest BCUT2D eigenvalue weighted by molar-refractivity contribution is 5.20. The summed E-state index contributed by atoms with van der Waals surface area (Å²) in [6.45, 7) is 4.37. The van der Waals surface area contributed by atoms with E-state index in [9.17, 15) is 0 Å². The van der Waals surface area contributed by atoms with Crippen molar-refractivity contribution in [3.63, 3.8) is 0 Å². The average molecular weight is 248 g/mol. The van der Waals surface area contributed by atoms with Crippen LogP contribution in [0.2, 0.25) is 0 Å². The standard InChI is InChI=1S/C13H16N2O3/c1-9(2)13-12(15-8-18-13)7-17-11-4-3-10(6-16)14-5-11/h3-5,8-9,16H,6-7H2,1-2H3. The van der Waals surface area contributed by atoms with E-state index < -0.39 is 0 Å². The van der Waals surface area contributed by atoms with E-state index in [1.165, 1.54) is 6.39 Å². The molecule has 2 aromatic rings. The SMILES string of the molecule is CC(C)c1ocnc1COc1ccc(CO)nc1. The van der Waals surface area contributed by atoms with Crippen LogP contribution in [-0.4, -0.2) is 15.1 Å². The van der Waals surface area contributed by atoms with Crippen LogP contribution < -0.4 is 4.74 Å². The van der Waals surface area contributed by atoms with Crippen molar-refractivity contribution >= 4 is 0 Å². The van der Waals surface area contributed by atoms with Crippen molar-refractivity contribution in [1.29, 1.82) is 0 Å². The van der Waals surface area contributed by atoms with Gasteiger partial charge in [0.2, 0.25) is 0 Å². The van der Waals surface area contributed by atoms with Crippen molar-refractivity contribution in [2.75, 3.05) is 0 Å². The third-order valence-corrected chi connectivity index (χ3v) is 2.53. The van der Waals surface area contributed by atoms with E-state index >= 15 is 0 Å². The minimum Gasteiger partial charge on any atom is -0.486 e. The number of aliphatic hydroxyl groups excluding tert-OH is 1. The molecule has 2 heterocycles. The van der Waals surface area contributed by atoms with Gasteiger partial charge in [-0.15, -0.1) is 0 Å². The van der Waals surface area contributed by atoms with Gasteiger partial charge in [0, 0.05) is 5.92 Å². The lowest BCUT2D eigenvalue weighted by molar-refractivity contribution is 0.274. The molecular weight excluding hydrogens is 232 g/mol. The molecule has 2 rings (SSSR count). The number of hydrogen-bond acceptors (Lipinski definition) is 5. The van der Waals surface area contributed by atoms with Crippen molar-refractivity contribution in [3.8, 4) is 5.75 Å². The van der Waals surface area contributed by atoms with Gasteiger partial charge >= 0.3 is 0 Å². The Morgan fingerprint density at radius 3 is 2.78 bits per heavy atom. The van der Waals surface area contributed by atoms with Gasteiger partial charge in [0.25, 0.3) is 0 Å². The molecule has 96 valence electrons. The molecule has 1 N–H and O–H groups in total. The molecule has 0 aliphatic heterocycles. The van der Waals surface area contributed by atoms with Crippen molar-refractivity contribution in [1.82, 2.24) is 9.97 Å². The summed E-state index contributed by atoms with van der Waals surface area (Å²) in [5.74, 6) is 1.76. The summed E-state index contributed by atoms with van der Waals surface area (Å²) in [4.78, 5) is 8.17. The zero-order chi connectivity index (χ0) is 13.0. The zero-order valence-corrected chi connectivity index (χ0v) is 10.5. The predicted molar refractivity (Wildman–Crippen MR) is 65.1 cm³/mol. The fourth-order valence-electron chi connectivity index (χ4n) is 1.60. The Balaban J connectivity index is 2.00. The molecule has 0 radical (unpaired) electrons. The lowest BCUT2D eigenvalue weighted by Gasteiger charge is -2.07. The molecule has 18 heavy (non-hydrogen) atoms. The molecule has 0 bridgehead atoms. The third kappa shape index (κ3) is 2.87. The molecule has 0 aliphatic carbocycles. The predicted octanol–water partition coefficient (Wildman–Crippen LogP) is 2.26. The molecule has 0 fully saturated rings. The second-order valence-electron chi connectivity index (χ2n) is 4.25. The van der Waals surface area contributed by atoms with Crippen LogP contribution in [-0.2, 0) is 13.2 Å². The van der Waals surface area contributed by atoms with Crippen LogP contribution >= 0.6 is 0 Å². The number of ether oxygens (including phenoxy) is 1. The fourth-order valence-corrected chi connectivity index (χ4v) is 1.60. The van der Waals surface area contributed by atoms with Crippen molar-refractivity contribution < 1.29 is 14.3 Å². The Labute approximate surface area is 105 Å². The van der Waals surface area contributed by atoms with E-state index in [4.69, 9.17) is 14.3 Å². The number of oxazole rings is 1. The topological polar surface area (TPSA) is 68.4 Å². The summed E-state index contributed by atoms with van der Waals surface area (Å²) in [6.07, 6.45) is 3.02. The summed E-state index contributed by atoms with van der Waals surface area (Å²) in [7, 11) is 0. The Morgan fingerprint density at radius 1 is 1.33 bits per heavy atom. The van der Waals surface area contributed by atoms with Crippen LogP contribution in [0, 0.1) is 0 Å². The van der Waals surface area contributed by atoms with Gasteiger partial charge in [-0.3, -0.25) is 4.98 Å². The molecule has 5 heteroatoms. The summed E-state index contributed by atoms with van der Waals surface area (Å²) in [5.41, 5.74) is 1.42. The normalized spacial score (nSPS) is 10.9. The van der Waals surface area contributed by atoms with E-state index in [-0.39, 0.29) is 12.5 Å². The summed E-state index contributed by atoms with van der Waals surface area (Å²) < 4.78 is 10.9. The minimum atomic E-state index is -0.0684. The number of nitrogens with zero attached hydrogens (tertiary/aromatic N) is 2. The monoisotopic (exact) mass is 248 g/mol. The molecule has 0 unspecified atom stereocenters. The number of hydrogen-bond donors (Lipinski definition) is 1. The minimum absolute atomic E-state index is 0.0684. The molecule has 0 amide bonds. The molecule has 5 nitrogen and oxygen atoms in total. The largest absolute Gasteiger partial charge is 0.486 e.